The number of aromatic amines is 1. The van der Waals surface area contributed by atoms with E-state index in [2.05, 4.69) is 14.7 Å². The fraction of sp³-hybridized carbons (Fsp3) is 0.222. The Morgan fingerprint density at radius 3 is 2.62 bits per heavy atom. The first-order valence-electron chi connectivity index (χ1n) is 8.09. The number of nitrogens with one attached hydrogen (secondary N) is 2. The molecule has 0 aliphatic carbocycles. The van der Waals surface area contributed by atoms with E-state index < -0.39 is 10.0 Å². The van der Waals surface area contributed by atoms with Crippen molar-refractivity contribution in [1.29, 1.82) is 0 Å². The lowest BCUT2D eigenvalue weighted by atomic mass is 10.2. The van der Waals surface area contributed by atoms with Crippen LogP contribution in [-0.2, 0) is 16.4 Å². The van der Waals surface area contributed by atoms with Crippen LogP contribution in [0.3, 0.4) is 0 Å². The molecule has 0 radical (unpaired) electrons. The molecule has 0 fully saturated rings. The molecule has 8 heteroatoms. The summed E-state index contributed by atoms with van der Waals surface area (Å²) in [5, 5.41) is 0. The molecule has 0 atom stereocenters. The molecule has 3 aromatic rings. The van der Waals surface area contributed by atoms with Crippen molar-refractivity contribution >= 4 is 27.0 Å². The van der Waals surface area contributed by atoms with E-state index in [-0.39, 0.29) is 10.5 Å². The van der Waals surface area contributed by atoms with Gasteiger partial charge in [0.2, 0.25) is 0 Å². The molecular formula is C18H19N3O3S2. The summed E-state index contributed by atoms with van der Waals surface area (Å²) in [4.78, 5) is 20.8. The Hall–Kier alpha value is -2.45. The predicted molar refractivity (Wildman–Crippen MR) is 104 cm³/mol. The van der Waals surface area contributed by atoms with Gasteiger partial charge in [0, 0.05) is 32.8 Å². The predicted octanol–water partition coefficient (Wildman–Crippen LogP) is 3.48. The first kappa shape index (κ1) is 18.3. The minimum Gasteiger partial charge on any atom is -0.307 e. The number of H-pyrrole nitrogens is 1. The number of anilines is 1. The molecule has 0 saturated carbocycles. The molecule has 0 aliphatic rings. The van der Waals surface area contributed by atoms with Crippen molar-refractivity contribution in [1.82, 2.24) is 9.97 Å². The zero-order chi connectivity index (χ0) is 18.9. The molecule has 0 saturated heterocycles. The van der Waals surface area contributed by atoms with E-state index in [1.54, 1.807) is 37.3 Å². The average molecular weight is 390 g/mol. The lowest BCUT2D eigenvalue weighted by Gasteiger charge is -2.09. The second kappa shape index (κ2) is 7.05. The van der Waals surface area contributed by atoms with Gasteiger partial charge in [-0.15, -0.1) is 11.3 Å². The Kier molecular flexibility index (Phi) is 4.97. The van der Waals surface area contributed by atoms with Crippen LogP contribution in [0.2, 0.25) is 0 Å². The Morgan fingerprint density at radius 2 is 1.96 bits per heavy atom. The van der Waals surface area contributed by atoms with Gasteiger partial charge in [0.25, 0.3) is 15.6 Å². The molecule has 2 heterocycles. The number of rotatable bonds is 5. The van der Waals surface area contributed by atoms with Crippen molar-refractivity contribution in [2.45, 2.75) is 32.1 Å². The van der Waals surface area contributed by atoms with Gasteiger partial charge >= 0.3 is 0 Å². The number of nitrogens with zero attached hydrogens (tertiary/aromatic N) is 1. The summed E-state index contributed by atoms with van der Waals surface area (Å²) < 4.78 is 27.9. The highest BCUT2D eigenvalue weighted by Gasteiger charge is 2.19. The maximum Gasteiger partial charge on any atom is 0.262 e. The summed E-state index contributed by atoms with van der Waals surface area (Å²) in [6.07, 6.45) is 0.639. The molecule has 3 rings (SSSR count). The summed E-state index contributed by atoms with van der Waals surface area (Å²) in [6, 6.07) is 9.93. The molecule has 1 aromatic carbocycles. The summed E-state index contributed by atoms with van der Waals surface area (Å²) in [6.45, 7) is 5.58. The van der Waals surface area contributed by atoms with Crippen molar-refractivity contribution in [3.05, 3.63) is 62.2 Å². The lowest BCUT2D eigenvalue weighted by Crippen LogP contribution is -2.13. The average Bonchev–Trinajstić information content (AvgIpc) is 2.93. The van der Waals surface area contributed by atoms with Gasteiger partial charge in [0.05, 0.1) is 0 Å². The van der Waals surface area contributed by atoms with Crippen LogP contribution in [0.5, 0.6) is 0 Å². The molecule has 136 valence electrons. The van der Waals surface area contributed by atoms with Crippen molar-refractivity contribution in [2.24, 2.45) is 0 Å². The van der Waals surface area contributed by atoms with Crippen LogP contribution in [0, 0.1) is 13.8 Å². The Balaban J connectivity index is 1.97. The zero-order valence-electron chi connectivity index (χ0n) is 14.7. The van der Waals surface area contributed by atoms with Gasteiger partial charge in [-0.1, -0.05) is 19.1 Å². The summed E-state index contributed by atoms with van der Waals surface area (Å²) >= 11 is 1.44. The third kappa shape index (κ3) is 3.86. The Morgan fingerprint density at radius 1 is 1.19 bits per heavy atom. The van der Waals surface area contributed by atoms with Gasteiger partial charge in [-0.05, 0) is 38.5 Å². The highest BCUT2D eigenvalue weighted by molar-refractivity contribution is 7.93. The number of hydrogen-bond donors (Lipinski definition) is 2. The Labute approximate surface area is 156 Å². The van der Waals surface area contributed by atoms with Gasteiger partial charge in [-0.3, -0.25) is 9.52 Å². The fourth-order valence-corrected chi connectivity index (χ4v) is 5.25. The summed E-state index contributed by atoms with van der Waals surface area (Å²) in [7, 11) is -3.68. The minimum absolute atomic E-state index is 0.234. The molecule has 2 N–H and O–H groups in total. The highest BCUT2D eigenvalue weighted by Crippen LogP contribution is 2.27. The van der Waals surface area contributed by atoms with E-state index in [1.807, 2.05) is 13.8 Å². The van der Waals surface area contributed by atoms with Crippen molar-refractivity contribution < 1.29 is 8.42 Å². The highest BCUT2D eigenvalue weighted by atomic mass is 32.2. The number of thiophene rings is 1. The van der Waals surface area contributed by atoms with Gasteiger partial charge in [0.1, 0.15) is 10.7 Å². The maximum atomic E-state index is 12.7. The molecule has 0 spiro atoms. The fourth-order valence-electron chi connectivity index (χ4n) is 2.64. The van der Waals surface area contributed by atoms with Gasteiger partial charge in [-0.2, -0.15) is 0 Å². The first-order valence-corrected chi connectivity index (χ1v) is 10.4. The van der Waals surface area contributed by atoms with E-state index in [0.29, 0.717) is 29.2 Å². The lowest BCUT2D eigenvalue weighted by molar-refractivity contribution is 0.601. The molecule has 26 heavy (non-hydrogen) atoms. The van der Waals surface area contributed by atoms with Crippen LogP contribution in [0.25, 0.3) is 11.4 Å². The van der Waals surface area contributed by atoms with Crippen LogP contribution in [-0.4, -0.2) is 18.4 Å². The molecule has 0 aliphatic heterocycles. The molecule has 0 unspecified atom stereocenters. The smallest absolute Gasteiger partial charge is 0.262 e. The van der Waals surface area contributed by atoms with Crippen LogP contribution in [0.4, 0.5) is 5.69 Å². The quantitative estimate of drug-likeness (QED) is 0.699. The summed E-state index contributed by atoms with van der Waals surface area (Å²) in [5.74, 6) is 0.415. The topological polar surface area (TPSA) is 91.9 Å². The molecular weight excluding hydrogens is 370 g/mol. The van der Waals surface area contributed by atoms with Gasteiger partial charge in [0.15, 0.2) is 0 Å². The number of sulfonamides is 1. The van der Waals surface area contributed by atoms with Crippen molar-refractivity contribution in [3.63, 3.8) is 0 Å². The maximum absolute atomic E-state index is 12.7. The molecule has 0 bridgehead atoms. The van der Waals surface area contributed by atoms with E-state index in [4.69, 9.17) is 0 Å². The van der Waals surface area contributed by atoms with Crippen LogP contribution in [0.1, 0.15) is 22.4 Å². The third-order valence-electron chi connectivity index (χ3n) is 3.83. The number of benzene rings is 1. The summed E-state index contributed by atoms with van der Waals surface area (Å²) in [5.41, 5.74) is 1.49. The number of hydrogen-bond acceptors (Lipinski definition) is 5. The van der Waals surface area contributed by atoms with Crippen LogP contribution in [0.15, 0.2) is 46.1 Å². The number of aromatic nitrogens is 2. The van der Waals surface area contributed by atoms with Gasteiger partial charge in [-0.25, -0.2) is 13.4 Å². The molecule has 2 aromatic heterocycles. The third-order valence-corrected chi connectivity index (χ3v) is 6.43. The van der Waals surface area contributed by atoms with Crippen molar-refractivity contribution in [3.8, 4) is 11.4 Å². The second-order valence-corrected chi connectivity index (χ2v) is 9.01. The van der Waals surface area contributed by atoms with Gasteiger partial charge < -0.3 is 4.98 Å². The van der Waals surface area contributed by atoms with E-state index in [9.17, 15) is 13.2 Å². The van der Waals surface area contributed by atoms with Crippen molar-refractivity contribution in [2.75, 3.05) is 4.72 Å². The molecule has 6 nitrogen and oxygen atoms in total. The Bertz CT molecular complexity index is 1110. The van der Waals surface area contributed by atoms with E-state index in [0.717, 1.165) is 9.75 Å². The van der Waals surface area contributed by atoms with Crippen LogP contribution >= 0.6 is 11.3 Å². The first-order chi connectivity index (χ1) is 12.3. The zero-order valence-corrected chi connectivity index (χ0v) is 16.3. The monoisotopic (exact) mass is 389 g/mol. The second-order valence-electron chi connectivity index (χ2n) is 5.90. The minimum atomic E-state index is -3.68. The standard InChI is InChI=1S/C18H19N3O3S2/c1-4-14-10-17(22)20-18(19-14)13-6-5-7-15(9-13)21-26(23,24)16-8-11(2)25-12(16)3/h5-10,21H,4H2,1-3H3,(H,19,20,22). The molecule has 0 amide bonds. The SMILES string of the molecule is CCc1cc(=O)[nH]c(-c2cccc(NS(=O)(=O)c3cc(C)sc3C)c2)n1. The normalized spacial score (nSPS) is 11.5. The largest absolute Gasteiger partial charge is 0.307 e. The van der Waals surface area contributed by atoms with Crippen LogP contribution < -0.4 is 10.3 Å². The van der Waals surface area contributed by atoms with E-state index in [1.165, 1.54) is 17.4 Å². The van der Waals surface area contributed by atoms with E-state index >= 15 is 0 Å². The number of aryl methyl sites for hydroxylation is 3.